The largest absolute Gasteiger partial charge is 0.324 e. The Balaban J connectivity index is 2.03. The van der Waals surface area contributed by atoms with E-state index in [9.17, 15) is 4.79 Å². The Kier molecular flexibility index (Phi) is 6.06. The number of carbonyl (C=O) groups excluding carboxylic acids is 1. The molecule has 108 valence electrons. The van der Waals surface area contributed by atoms with E-state index < -0.39 is 0 Å². The zero-order valence-electron chi connectivity index (χ0n) is 11.7. The first kappa shape index (κ1) is 15.4. The summed E-state index contributed by atoms with van der Waals surface area (Å²) in [5.74, 6) is -0.0574. The molecule has 2 N–H and O–H groups in total. The summed E-state index contributed by atoms with van der Waals surface area (Å²) in [4.78, 5) is 14.0. The number of hydrogen-bond acceptors (Lipinski definition) is 3. The van der Waals surface area contributed by atoms with Gasteiger partial charge in [0.05, 0.1) is 12.2 Å². The molecule has 21 heavy (non-hydrogen) atoms. The summed E-state index contributed by atoms with van der Waals surface area (Å²) < 4.78 is 0. The first-order chi connectivity index (χ1) is 10.3. The van der Waals surface area contributed by atoms with Crippen LogP contribution in [0.15, 0.2) is 77.0 Å². The monoisotopic (exact) mass is 298 g/mol. The first-order valence-corrected chi connectivity index (χ1v) is 7.54. The molecule has 0 heterocycles. The Morgan fingerprint density at radius 3 is 2.57 bits per heavy atom. The van der Waals surface area contributed by atoms with E-state index in [1.165, 1.54) is 0 Å². The molecule has 0 aliphatic rings. The number of nitrogens with one attached hydrogen (secondary N) is 2. The van der Waals surface area contributed by atoms with Crippen molar-refractivity contribution in [3.63, 3.8) is 0 Å². The van der Waals surface area contributed by atoms with Crippen LogP contribution in [-0.2, 0) is 4.79 Å². The highest BCUT2D eigenvalue weighted by atomic mass is 32.2. The molecule has 2 aromatic rings. The molecular formula is C17H18N2OS. The minimum absolute atomic E-state index is 0.0574. The van der Waals surface area contributed by atoms with Gasteiger partial charge < -0.3 is 10.6 Å². The van der Waals surface area contributed by atoms with E-state index in [0.717, 1.165) is 15.5 Å². The average Bonchev–Trinajstić information content (AvgIpc) is 2.51. The van der Waals surface area contributed by atoms with Crippen molar-refractivity contribution < 1.29 is 4.79 Å². The summed E-state index contributed by atoms with van der Waals surface area (Å²) in [6.45, 7) is 4.50. The van der Waals surface area contributed by atoms with Gasteiger partial charge in [-0.15, -0.1) is 6.58 Å². The van der Waals surface area contributed by atoms with Crippen LogP contribution < -0.4 is 10.6 Å². The molecule has 0 aromatic heterocycles. The van der Waals surface area contributed by atoms with Crippen LogP contribution in [0.1, 0.15) is 0 Å². The topological polar surface area (TPSA) is 41.1 Å². The van der Waals surface area contributed by atoms with Crippen LogP contribution in [-0.4, -0.2) is 19.0 Å². The summed E-state index contributed by atoms with van der Waals surface area (Å²) in [5, 5.41) is 5.92. The maximum Gasteiger partial charge on any atom is 0.238 e. The summed E-state index contributed by atoms with van der Waals surface area (Å²) in [5.41, 5.74) is 0.830. The van der Waals surface area contributed by atoms with E-state index in [1.807, 2.05) is 42.5 Å². The molecule has 0 atom stereocenters. The average molecular weight is 298 g/mol. The lowest BCUT2D eigenvalue weighted by atomic mass is 10.3. The quantitative estimate of drug-likeness (QED) is 0.606. The number of amides is 1. The van der Waals surface area contributed by atoms with Gasteiger partial charge in [-0.2, -0.15) is 0 Å². The van der Waals surface area contributed by atoms with Crippen LogP contribution in [0.2, 0.25) is 0 Å². The zero-order chi connectivity index (χ0) is 14.9. The van der Waals surface area contributed by atoms with Crippen molar-refractivity contribution in [1.82, 2.24) is 5.32 Å². The molecule has 2 rings (SSSR count). The predicted octanol–water partition coefficient (Wildman–Crippen LogP) is 3.55. The van der Waals surface area contributed by atoms with E-state index in [-0.39, 0.29) is 12.5 Å². The van der Waals surface area contributed by atoms with Gasteiger partial charge >= 0.3 is 0 Å². The van der Waals surface area contributed by atoms with Crippen LogP contribution in [0, 0.1) is 0 Å². The van der Waals surface area contributed by atoms with Crippen molar-refractivity contribution in [2.45, 2.75) is 9.79 Å². The highest BCUT2D eigenvalue weighted by Crippen LogP contribution is 2.32. The van der Waals surface area contributed by atoms with Crippen molar-refractivity contribution in [1.29, 1.82) is 0 Å². The highest BCUT2D eigenvalue weighted by Gasteiger charge is 2.07. The molecule has 0 saturated heterocycles. The van der Waals surface area contributed by atoms with Gasteiger partial charge in [0.1, 0.15) is 0 Å². The first-order valence-electron chi connectivity index (χ1n) is 6.73. The number of rotatable bonds is 7. The lowest BCUT2D eigenvalue weighted by Gasteiger charge is -2.11. The third kappa shape index (κ3) is 5.10. The number of hydrogen-bond donors (Lipinski definition) is 2. The van der Waals surface area contributed by atoms with E-state index in [4.69, 9.17) is 0 Å². The molecule has 4 heteroatoms. The lowest BCUT2D eigenvalue weighted by molar-refractivity contribution is -0.115. The fourth-order valence-corrected chi connectivity index (χ4v) is 2.68. The normalized spacial score (nSPS) is 10.1. The number of benzene rings is 2. The van der Waals surface area contributed by atoms with Crippen molar-refractivity contribution >= 4 is 23.4 Å². The van der Waals surface area contributed by atoms with Gasteiger partial charge in [0.15, 0.2) is 0 Å². The van der Waals surface area contributed by atoms with E-state index >= 15 is 0 Å². The van der Waals surface area contributed by atoms with Crippen molar-refractivity contribution in [3.8, 4) is 0 Å². The molecule has 0 aliphatic heterocycles. The molecule has 3 nitrogen and oxygen atoms in total. The van der Waals surface area contributed by atoms with Crippen molar-refractivity contribution in [2.75, 3.05) is 18.4 Å². The molecule has 0 saturated carbocycles. The summed E-state index contributed by atoms with van der Waals surface area (Å²) >= 11 is 1.63. The number of para-hydroxylation sites is 1. The van der Waals surface area contributed by atoms with Crippen molar-refractivity contribution in [2.24, 2.45) is 0 Å². The van der Waals surface area contributed by atoms with Crippen LogP contribution in [0.5, 0.6) is 0 Å². The fourth-order valence-electron chi connectivity index (χ4n) is 1.76. The Bertz CT molecular complexity index is 599. The Morgan fingerprint density at radius 1 is 1.10 bits per heavy atom. The fraction of sp³-hybridized carbons (Fsp3) is 0.118. The van der Waals surface area contributed by atoms with E-state index in [0.29, 0.717) is 6.54 Å². The molecule has 0 radical (unpaired) electrons. The van der Waals surface area contributed by atoms with Gasteiger partial charge in [-0.05, 0) is 24.3 Å². The molecule has 0 bridgehead atoms. The maximum atomic E-state index is 11.9. The van der Waals surface area contributed by atoms with Gasteiger partial charge in [0.2, 0.25) is 5.91 Å². The standard InChI is InChI=1S/C17H18N2OS/c1-2-12-18-13-17(20)19-15-10-6-7-11-16(15)21-14-8-4-3-5-9-14/h2-11,18H,1,12-13H2,(H,19,20). The highest BCUT2D eigenvalue weighted by molar-refractivity contribution is 7.99. The minimum atomic E-state index is -0.0574. The third-order valence-corrected chi connectivity index (χ3v) is 3.79. The van der Waals surface area contributed by atoms with Gasteiger partial charge in [0.25, 0.3) is 0 Å². The molecule has 0 unspecified atom stereocenters. The predicted molar refractivity (Wildman–Crippen MR) is 88.7 cm³/mol. The molecule has 0 spiro atoms. The SMILES string of the molecule is C=CCNCC(=O)Nc1ccccc1Sc1ccccc1. The van der Waals surface area contributed by atoms with Crippen LogP contribution >= 0.6 is 11.8 Å². The smallest absolute Gasteiger partial charge is 0.238 e. The lowest BCUT2D eigenvalue weighted by Crippen LogP contribution is -2.28. The second-order valence-electron chi connectivity index (χ2n) is 4.38. The Labute approximate surface area is 129 Å². The second kappa shape index (κ2) is 8.29. The molecule has 0 fully saturated rings. The number of anilines is 1. The summed E-state index contributed by atoms with van der Waals surface area (Å²) in [6, 6.07) is 17.9. The van der Waals surface area contributed by atoms with E-state index in [1.54, 1.807) is 17.8 Å². The van der Waals surface area contributed by atoms with Gasteiger partial charge in [0, 0.05) is 16.3 Å². The minimum Gasteiger partial charge on any atom is -0.324 e. The van der Waals surface area contributed by atoms with Crippen LogP contribution in [0.3, 0.4) is 0 Å². The molecule has 0 aliphatic carbocycles. The summed E-state index contributed by atoms with van der Waals surface area (Å²) in [6.07, 6.45) is 1.73. The summed E-state index contributed by atoms with van der Waals surface area (Å²) in [7, 11) is 0. The maximum absolute atomic E-state index is 11.9. The van der Waals surface area contributed by atoms with Crippen LogP contribution in [0.4, 0.5) is 5.69 Å². The molecular weight excluding hydrogens is 280 g/mol. The van der Waals surface area contributed by atoms with Gasteiger partial charge in [-0.25, -0.2) is 0 Å². The molecule has 1 amide bonds. The second-order valence-corrected chi connectivity index (χ2v) is 5.49. The van der Waals surface area contributed by atoms with Gasteiger partial charge in [-0.1, -0.05) is 48.2 Å². The molecule has 2 aromatic carbocycles. The van der Waals surface area contributed by atoms with E-state index in [2.05, 4.69) is 29.3 Å². The number of carbonyl (C=O) groups is 1. The van der Waals surface area contributed by atoms with Crippen molar-refractivity contribution in [3.05, 3.63) is 67.3 Å². The van der Waals surface area contributed by atoms with Gasteiger partial charge in [-0.3, -0.25) is 4.79 Å². The van der Waals surface area contributed by atoms with Crippen LogP contribution in [0.25, 0.3) is 0 Å². The zero-order valence-corrected chi connectivity index (χ0v) is 12.5. The Morgan fingerprint density at radius 2 is 1.81 bits per heavy atom. The third-order valence-electron chi connectivity index (χ3n) is 2.71. The Hall–Kier alpha value is -2.04.